The summed E-state index contributed by atoms with van der Waals surface area (Å²) in [4.78, 5) is 8.82. The summed E-state index contributed by atoms with van der Waals surface area (Å²) in [5.74, 6) is -1.35. The molecule has 0 fully saturated rings. The first-order valence-corrected chi connectivity index (χ1v) is 25.4. The Kier molecular flexibility index (Phi) is 13.8. The van der Waals surface area contributed by atoms with Gasteiger partial charge in [0, 0.05) is 84.6 Å². The third-order valence-electron chi connectivity index (χ3n) is 14.2. The quantitative estimate of drug-likeness (QED) is 0.101. The summed E-state index contributed by atoms with van der Waals surface area (Å²) in [5.41, 5.74) is 11.5. The van der Waals surface area contributed by atoms with E-state index in [1.54, 1.807) is 0 Å². The topological polar surface area (TPSA) is 33.5 Å². The van der Waals surface area contributed by atoms with Crippen LogP contribution in [-0.4, -0.2) is 9.55 Å². The first-order chi connectivity index (χ1) is 35.9. The van der Waals surface area contributed by atoms with Crippen molar-refractivity contribution >= 4 is 44.6 Å². The molecular weight excluding hydrogens is 1140 g/mol. The number of fused-ring (bicyclic) bond motifs is 4. The summed E-state index contributed by atoms with van der Waals surface area (Å²) in [6, 6.07) is 52.7. The molecule has 0 amide bonds. The summed E-state index contributed by atoms with van der Waals surface area (Å²) >= 11 is 0. The van der Waals surface area contributed by atoms with Crippen LogP contribution in [0.5, 0.6) is 11.5 Å². The smallest absolute Gasteiger partial charge is 0.135 e. The molecule has 0 radical (unpaired) electrons. The maximum Gasteiger partial charge on any atom is 0.135 e. The molecule has 0 atom stereocenters. The average molecular weight is 1190 g/mol. The van der Waals surface area contributed by atoms with Crippen molar-refractivity contribution in [2.24, 2.45) is 0 Å². The predicted octanol–water partition coefficient (Wildman–Crippen LogP) is 18.3. The molecule has 386 valence electrons. The largest absolute Gasteiger partial charge is 0.509 e. The number of para-hydroxylation sites is 3. The van der Waals surface area contributed by atoms with Gasteiger partial charge in [-0.3, -0.25) is 0 Å². The predicted molar refractivity (Wildman–Crippen MR) is 297 cm³/mol. The molecule has 3 heterocycles. The van der Waals surface area contributed by atoms with Crippen molar-refractivity contribution in [2.45, 2.75) is 79.1 Å². The van der Waals surface area contributed by atoms with Gasteiger partial charge < -0.3 is 19.1 Å². The third kappa shape index (κ3) is 9.71. The molecule has 0 spiro atoms. The van der Waals surface area contributed by atoms with E-state index >= 15 is 17.6 Å². The van der Waals surface area contributed by atoms with Crippen molar-refractivity contribution in [3.8, 4) is 50.7 Å². The molecule has 1 aliphatic heterocycles. The Bertz CT molecular complexity index is 3740. The number of hydrogen-bond donors (Lipinski definition) is 0. The van der Waals surface area contributed by atoms with Crippen LogP contribution in [0.4, 0.5) is 40.3 Å². The standard InChI is InChI=1S/C66H55F4N4O.Pt/c1-9-40-16-15-17-41(10-2)63(40)44-30-51(37-53(31-44)75-52-22-23-55-54-18-11-12-19-58(54)74(61(55)38-52)62-34-45(24-25-71-62)65(3,4)5)72-39-73(60-21-14-13-20-59(60)72)64-56(42-26-47(67)35-48(68)27-42)32-46(66(6,7)8)33-57(64)43-28-49(69)36-50(70)29-43;/h11-36,39H,9-10H2,1-8H3;/q-3;. The van der Waals surface area contributed by atoms with Crippen LogP contribution in [-0.2, 0) is 44.7 Å². The van der Waals surface area contributed by atoms with Crippen molar-refractivity contribution in [2.75, 3.05) is 9.80 Å². The molecule has 11 rings (SSSR count). The Morgan fingerprint density at radius 2 is 1.12 bits per heavy atom. The Labute approximate surface area is 456 Å². The van der Waals surface area contributed by atoms with Gasteiger partial charge in [-0.05, 0) is 135 Å². The maximum atomic E-state index is 15.4. The SMILES string of the molecule is CCc1cccc(CC)c1-c1cc(Oc2[c-]c3c(cc2)c2ccccc2n3-c2cc(C(C)(C)C)ccn2)[c-]c(N2[CH-]N(c3c(-c4cc(F)cc(F)c4)cc(C(C)(C)C)cc3-c3cc(F)cc(F)c3)c3ccccc32)c1.[Pt]. The van der Waals surface area contributed by atoms with Crippen LogP contribution in [0.1, 0.15) is 77.6 Å². The van der Waals surface area contributed by atoms with E-state index in [2.05, 4.69) is 106 Å². The van der Waals surface area contributed by atoms with E-state index in [0.29, 0.717) is 39.7 Å². The van der Waals surface area contributed by atoms with E-state index in [1.165, 1.54) is 35.4 Å². The summed E-state index contributed by atoms with van der Waals surface area (Å²) in [6.07, 6.45) is 3.44. The van der Waals surface area contributed by atoms with Crippen LogP contribution >= 0.6 is 0 Å². The number of halogens is 4. The minimum Gasteiger partial charge on any atom is -0.509 e. The van der Waals surface area contributed by atoms with Gasteiger partial charge in [0.2, 0.25) is 0 Å². The van der Waals surface area contributed by atoms with Gasteiger partial charge in [0.15, 0.2) is 0 Å². The average Bonchev–Trinajstić information content (AvgIpc) is 4.04. The zero-order chi connectivity index (χ0) is 52.5. The first-order valence-electron chi connectivity index (χ1n) is 25.4. The second-order valence-corrected chi connectivity index (χ2v) is 21.3. The van der Waals surface area contributed by atoms with Gasteiger partial charge in [0.1, 0.15) is 29.1 Å². The van der Waals surface area contributed by atoms with Crippen molar-refractivity contribution < 1.29 is 43.4 Å². The molecule has 10 aromatic rings. The van der Waals surface area contributed by atoms with Crippen LogP contribution in [0.15, 0.2) is 158 Å². The molecule has 0 saturated heterocycles. The fourth-order valence-corrected chi connectivity index (χ4v) is 10.4. The van der Waals surface area contributed by atoms with E-state index in [4.69, 9.17) is 9.72 Å². The van der Waals surface area contributed by atoms with Crippen LogP contribution < -0.4 is 14.5 Å². The molecule has 0 N–H and O–H groups in total. The first kappa shape index (κ1) is 52.0. The van der Waals surface area contributed by atoms with Gasteiger partial charge in [0.05, 0.1) is 0 Å². The second-order valence-electron chi connectivity index (χ2n) is 21.3. The normalized spacial score (nSPS) is 12.6. The minimum absolute atomic E-state index is 0. The molecule has 10 heteroatoms. The van der Waals surface area contributed by atoms with E-state index < -0.39 is 28.7 Å². The van der Waals surface area contributed by atoms with Crippen molar-refractivity contribution in [3.63, 3.8) is 0 Å². The van der Waals surface area contributed by atoms with Crippen molar-refractivity contribution in [1.82, 2.24) is 9.55 Å². The Morgan fingerprint density at radius 3 is 1.71 bits per heavy atom. The van der Waals surface area contributed by atoms with Gasteiger partial charge in [0.25, 0.3) is 0 Å². The van der Waals surface area contributed by atoms with Gasteiger partial charge in [-0.2, -0.15) is 6.07 Å². The molecule has 1 aliphatic rings. The maximum absolute atomic E-state index is 15.4. The van der Waals surface area contributed by atoms with Crippen molar-refractivity contribution in [3.05, 3.63) is 222 Å². The summed E-state index contributed by atoms with van der Waals surface area (Å²) < 4.78 is 70.6. The molecule has 76 heavy (non-hydrogen) atoms. The minimum atomic E-state index is -0.759. The Hall–Kier alpha value is -7.48. The summed E-state index contributed by atoms with van der Waals surface area (Å²) in [7, 11) is 0. The van der Waals surface area contributed by atoms with E-state index in [1.807, 2.05) is 104 Å². The fraction of sp³-hybridized carbons (Fsp3) is 0.182. The monoisotopic (exact) mass is 1190 g/mol. The molecule has 0 unspecified atom stereocenters. The van der Waals surface area contributed by atoms with Gasteiger partial charge in [-0.15, -0.1) is 53.6 Å². The van der Waals surface area contributed by atoms with E-state index in [-0.39, 0.29) is 37.6 Å². The van der Waals surface area contributed by atoms with E-state index in [0.717, 1.165) is 80.5 Å². The molecule has 5 nitrogen and oxygen atoms in total. The molecule has 0 saturated carbocycles. The van der Waals surface area contributed by atoms with E-state index in [9.17, 15) is 0 Å². The third-order valence-corrected chi connectivity index (χ3v) is 14.2. The van der Waals surface area contributed by atoms with Gasteiger partial charge >= 0.3 is 0 Å². The fourth-order valence-electron chi connectivity index (χ4n) is 10.4. The number of aromatic nitrogens is 2. The summed E-state index contributed by atoms with van der Waals surface area (Å²) in [5, 5.41) is 2.07. The molecule has 0 bridgehead atoms. The van der Waals surface area contributed by atoms with Crippen LogP contribution in [0.2, 0.25) is 0 Å². The molecule has 8 aromatic carbocycles. The second kappa shape index (κ2) is 20.2. The molecule has 2 aromatic heterocycles. The Balaban J connectivity index is 0.00000657. The Morgan fingerprint density at radius 1 is 0.539 bits per heavy atom. The van der Waals surface area contributed by atoms with Crippen LogP contribution in [0.3, 0.4) is 0 Å². The van der Waals surface area contributed by atoms with Crippen LogP contribution in [0, 0.1) is 42.1 Å². The number of ether oxygens (including phenoxy) is 1. The number of pyridine rings is 1. The number of anilines is 4. The number of hydrogen-bond acceptors (Lipinski definition) is 4. The molecule has 0 aliphatic carbocycles. The molecular formula is C66H55F4N4OPt-3. The van der Waals surface area contributed by atoms with Gasteiger partial charge in [-0.1, -0.05) is 109 Å². The van der Waals surface area contributed by atoms with Crippen LogP contribution in [0.25, 0.3) is 61.0 Å². The number of benzene rings is 8. The number of nitrogens with zero attached hydrogens (tertiary/aromatic N) is 4. The number of rotatable bonds is 10. The zero-order valence-electron chi connectivity index (χ0n) is 43.5. The summed E-state index contributed by atoms with van der Waals surface area (Å²) in [6.45, 7) is 18.8. The van der Waals surface area contributed by atoms with Crippen molar-refractivity contribution in [1.29, 1.82) is 0 Å². The number of aryl methyl sites for hydroxylation is 2. The zero-order valence-corrected chi connectivity index (χ0v) is 45.8. The van der Waals surface area contributed by atoms with Gasteiger partial charge in [-0.25, -0.2) is 22.5 Å².